The molecule has 0 heterocycles. The highest BCUT2D eigenvalue weighted by Gasteiger charge is 1.97. The predicted octanol–water partition coefficient (Wildman–Crippen LogP) is 3.00. The van der Waals surface area contributed by atoms with Crippen LogP contribution >= 0.6 is 15.9 Å². The first kappa shape index (κ1) is 11.7. The van der Waals surface area contributed by atoms with Crippen LogP contribution in [0.4, 0.5) is 0 Å². The highest BCUT2D eigenvalue weighted by Crippen LogP contribution is 2.16. The van der Waals surface area contributed by atoms with E-state index in [4.69, 9.17) is 9.47 Å². The molecule has 0 aliphatic heterocycles. The zero-order chi connectivity index (χ0) is 10.2. The Morgan fingerprint density at radius 1 is 1.21 bits per heavy atom. The van der Waals surface area contributed by atoms with Crippen LogP contribution in [0.25, 0.3) is 0 Å². The average molecular weight is 259 g/mol. The van der Waals surface area contributed by atoms with Gasteiger partial charge < -0.3 is 9.47 Å². The van der Waals surface area contributed by atoms with Gasteiger partial charge >= 0.3 is 0 Å². The molecule has 14 heavy (non-hydrogen) atoms. The van der Waals surface area contributed by atoms with E-state index in [2.05, 4.69) is 22.0 Å². The second-order valence-corrected chi connectivity index (χ2v) is 3.84. The molecule has 78 valence electrons. The molecule has 0 fully saturated rings. The van der Waals surface area contributed by atoms with Crippen LogP contribution in [-0.4, -0.2) is 20.3 Å². The zero-order valence-electron chi connectivity index (χ0n) is 8.33. The molecule has 3 heteroatoms. The second kappa shape index (κ2) is 6.98. The maximum atomic E-state index is 5.49. The van der Waals surface area contributed by atoms with Gasteiger partial charge in [0.15, 0.2) is 0 Å². The summed E-state index contributed by atoms with van der Waals surface area (Å²) in [4.78, 5) is 0. The fourth-order valence-corrected chi connectivity index (χ4v) is 1.50. The van der Waals surface area contributed by atoms with E-state index in [-0.39, 0.29) is 0 Å². The molecule has 0 bridgehead atoms. The summed E-state index contributed by atoms with van der Waals surface area (Å²) in [6, 6.07) is 8.09. The van der Waals surface area contributed by atoms with E-state index < -0.39 is 0 Å². The molecule has 0 aliphatic rings. The topological polar surface area (TPSA) is 18.5 Å². The highest BCUT2D eigenvalue weighted by atomic mass is 79.9. The van der Waals surface area contributed by atoms with Crippen molar-refractivity contribution in [2.45, 2.75) is 13.0 Å². The molecule has 0 amide bonds. The molecular formula is C11H15BrO2. The van der Waals surface area contributed by atoms with Gasteiger partial charge in [-0.25, -0.2) is 0 Å². The quantitative estimate of drug-likeness (QED) is 0.731. The maximum Gasteiger partial charge on any atom is 0.0727 e. The van der Waals surface area contributed by atoms with Gasteiger partial charge in [0, 0.05) is 24.8 Å². The van der Waals surface area contributed by atoms with Gasteiger partial charge in [0.2, 0.25) is 0 Å². The van der Waals surface area contributed by atoms with Crippen molar-refractivity contribution in [3.05, 3.63) is 34.3 Å². The van der Waals surface area contributed by atoms with Crippen LogP contribution in [0.5, 0.6) is 0 Å². The lowest BCUT2D eigenvalue weighted by atomic mass is 10.2. The summed E-state index contributed by atoms with van der Waals surface area (Å²) in [6.07, 6.45) is 0.945. The Hall–Kier alpha value is -0.380. The third-order valence-electron chi connectivity index (χ3n) is 1.85. The van der Waals surface area contributed by atoms with Crippen molar-refractivity contribution in [3.63, 3.8) is 0 Å². The standard InChI is InChI=1S/C11H15BrO2/c1-13-7-4-8-14-9-10-5-2-3-6-11(10)12/h2-3,5-6H,4,7-9H2,1H3. The highest BCUT2D eigenvalue weighted by molar-refractivity contribution is 9.10. The molecule has 0 N–H and O–H groups in total. The summed E-state index contributed by atoms with van der Waals surface area (Å²) in [5, 5.41) is 0. The Morgan fingerprint density at radius 2 is 2.00 bits per heavy atom. The van der Waals surface area contributed by atoms with Crippen LogP contribution in [0.3, 0.4) is 0 Å². The second-order valence-electron chi connectivity index (χ2n) is 2.99. The Labute approximate surface area is 93.4 Å². The minimum absolute atomic E-state index is 0.658. The molecule has 1 aromatic rings. The van der Waals surface area contributed by atoms with Crippen LogP contribution in [0, 0.1) is 0 Å². The summed E-state index contributed by atoms with van der Waals surface area (Å²) in [5.41, 5.74) is 1.19. The molecule has 0 radical (unpaired) electrons. The Balaban J connectivity index is 2.21. The van der Waals surface area contributed by atoms with Crippen LogP contribution in [0.15, 0.2) is 28.7 Å². The summed E-state index contributed by atoms with van der Waals surface area (Å²) >= 11 is 3.47. The third kappa shape index (κ3) is 4.22. The van der Waals surface area contributed by atoms with Crippen molar-refractivity contribution in [2.24, 2.45) is 0 Å². The predicted molar refractivity (Wildman–Crippen MR) is 60.3 cm³/mol. The molecule has 0 saturated heterocycles. The van der Waals surface area contributed by atoms with Crippen LogP contribution in [-0.2, 0) is 16.1 Å². The van der Waals surface area contributed by atoms with E-state index in [1.54, 1.807) is 7.11 Å². The molecule has 0 aliphatic carbocycles. The van der Waals surface area contributed by atoms with Crippen molar-refractivity contribution in [1.82, 2.24) is 0 Å². The maximum absolute atomic E-state index is 5.49. The fourth-order valence-electron chi connectivity index (χ4n) is 1.10. The zero-order valence-corrected chi connectivity index (χ0v) is 9.92. The van der Waals surface area contributed by atoms with Gasteiger partial charge in [0.25, 0.3) is 0 Å². The van der Waals surface area contributed by atoms with Gasteiger partial charge in [-0.3, -0.25) is 0 Å². The summed E-state index contributed by atoms with van der Waals surface area (Å²) in [5.74, 6) is 0. The molecule has 1 aromatic carbocycles. The molecule has 0 saturated carbocycles. The van der Waals surface area contributed by atoms with E-state index in [9.17, 15) is 0 Å². The number of hydrogen-bond acceptors (Lipinski definition) is 2. The first-order valence-electron chi connectivity index (χ1n) is 4.64. The van der Waals surface area contributed by atoms with Crippen molar-refractivity contribution in [2.75, 3.05) is 20.3 Å². The van der Waals surface area contributed by atoms with Gasteiger partial charge in [-0.05, 0) is 18.1 Å². The van der Waals surface area contributed by atoms with E-state index in [0.29, 0.717) is 6.61 Å². The lowest BCUT2D eigenvalue weighted by Gasteiger charge is -2.05. The Bertz CT molecular complexity index is 263. The number of hydrogen-bond donors (Lipinski definition) is 0. The number of methoxy groups -OCH3 is 1. The van der Waals surface area contributed by atoms with Crippen molar-refractivity contribution in [1.29, 1.82) is 0 Å². The monoisotopic (exact) mass is 258 g/mol. The summed E-state index contributed by atoms with van der Waals surface area (Å²) in [6.45, 7) is 2.16. The number of rotatable bonds is 6. The summed E-state index contributed by atoms with van der Waals surface area (Å²) in [7, 11) is 1.70. The first-order valence-corrected chi connectivity index (χ1v) is 5.44. The van der Waals surface area contributed by atoms with Gasteiger partial charge in [0.1, 0.15) is 0 Å². The number of ether oxygens (including phenoxy) is 2. The Morgan fingerprint density at radius 3 is 2.71 bits per heavy atom. The molecule has 0 unspecified atom stereocenters. The number of benzene rings is 1. The van der Waals surface area contributed by atoms with Crippen molar-refractivity contribution < 1.29 is 9.47 Å². The smallest absolute Gasteiger partial charge is 0.0727 e. The fraction of sp³-hybridized carbons (Fsp3) is 0.455. The van der Waals surface area contributed by atoms with Gasteiger partial charge in [-0.2, -0.15) is 0 Å². The van der Waals surface area contributed by atoms with Gasteiger partial charge in [-0.15, -0.1) is 0 Å². The number of halogens is 1. The van der Waals surface area contributed by atoms with Crippen molar-refractivity contribution >= 4 is 15.9 Å². The molecular weight excluding hydrogens is 244 g/mol. The molecule has 1 rings (SSSR count). The van der Waals surface area contributed by atoms with Gasteiger partial charge in [0.05, 0.1) is 6.61 Å². The lowest BCUT2D eigenvalue weighted by Crippen LogP contribution is -1.99. The lowest BCUT2D eigenvalue weighted by molar-refractivity contribution is 0.0926. The van der Waals surface area contributed by atoms with Crippen LogP contribution in [0.1, 0.15) is 12.0 Å². The van der Waals surface area contributed by atoms with Gasteiger partial charge in [-0.1, -0.05) is 34.1 Å². The first-order chi connectivity index (χ1) is 6.84. The largest absolute Gasteiger partial charge is 0.385 e. The van der Waals surface area contributed by atoms with E-state index in [1.807, 2.05) is 18.2 Å². The SMILES string of the molecule is COCCCOCc1ccccc1Br. The van der Waals surface area contributed by atoms with Crippen molar-refractivity contribution in [3.8, 4) is 0 Å². The summed E-state index contributed by atoms with van der Waals surface area (Å²) < 4.78 is 11.5. The molecule has 0 aromatic heterocycles. The minimum atomic E-state index is 0.658. The van der Waals surface area contributed by atoms with E-state index in [1.165, 1.54) is 5.56 Å². The third-order valence-corrected chi connectivity index (χ3v) is 2.63. The van der Waals surface area contributed by atoms with E-state index in [0.717, 1.165) is 24.1 Å². The van der Waals surface area contributed by atoms with E-state index >= 15 is 0 Å². The van der Waals surface area contributed by atoms with Crippen LogP contribution in [0.2, 0.25) is 0 Å². The molecule has 0 spiro atoms. The average Bonchev–Trinajstić information content (AvgIpc) is 2.20. The minimum Gasteiger partial charge on any atom is -0.385 e. The molecule has 0 atom stereocenters. The molecule has 2 nitrogen and oxygen atoms in total. The Kier molecular flexibility index (Phi) is 5.83. The normalized spacial score (nSPS) is 10.4. The van der Waals surface area contributed by atoms with Crippen LogP contribution < -0.4 is 0 Å².